The van der Waals surface area contributed by atoms with Crippen molar-refractivity contribution in [1.29, 1.82) is 0 Å². The van der Waals surface area contributed by atoms with Gasteiger partial charge in [-0.3, -0.25) is 14.5 Å². The fraction of sp³-hybridized carbons (Fsp3) is 0.600. The molecule has 0 aliphatic heterocycles. The summed E-state index contributed by atoms with van der Waals surface area (Å²) in [5, 5.41) is 0. The van der Waals surface area contributed by atoms with E-state index in [-0.39, 0.29) is 5.91 Å². The van der Waals surface area contributed by atoms with Crippen molar-refractivity contribution in [1.82, 2.24) is 4.90 Å². The third kappa shape index (κ3) is 3.87. The number of unbranched alkanes of at least 4 members (excludes halogenated alkanes) is 1. The van der Waals surface area contributed by atoms with E-state index < -0.39 is 0 Å². The Labute approximate surface area is 79.4 Å². The molecule has 0 fully saturated rings. The van der Waals surface area contributed by atoms with Crippen molar-refractivity contribution in [3.63, 3.8) is 0 Å². The summed E-state index contributed by atoms with van der Waals surface area (Å²) in [5.74, 6) is -0.189. The Morgan fingerprint density at radius 3 is 2.46 bits per heavy atom. The molecule has 0 radical (unpaired) electrons. The molecule has 0 bridgehead atoms. The maximum absolute atomic E-state index is 11.4. The number of carbonyl (C=O) groups is 2. The number of hydrogen-bond donors (Lipinski definition) is 0. The molecular weight excluding hydrogens is 166 g/mol. The summed E-state index contributed by atoms with van der Waals surface area (Å²) in [4.78, 5) is 23.2. The molecule has 74 valence electrons. The van der Waals surface area contributed by atoms with E-state index >= 15 is 0 Å². The van der Waals surface area contributed by atoms with E-state index in [1.807, 2.05) is 6.92 Å². The van der Waals surface area contributed by atoms with Crippen LogP contribution in [0.3, 0.4) is 0 Å². The van der Waals surface area contributed by atoms with Crippen molar-refractivity contribution in [3.05, 3.63) is 11.6 Å². The molecule has 0 aromatic carbocycles. The highest BCUT2D eigenvalue weighted by Gasteiger charge is 2.12. The number of imide groups is 1. The first-order valence-corrected chi connectivity index (χ1v) is 4.56. The number of amides is 2. The van der Waals surface area contributed by atoms with Gasteiger partial charge in [-0.05, 0) is 20.3 Å². The SMILES string of the molecule is C/C=C(\C)C(=O)N(C=O)CCCC. The minimum atomic E-state index is -0.189. The van der Waals surface area contributed by atoms with Crippen LogP contribution in [0.5, 0.6) is 0 Å². The predicted molar refractivity (Wildman–Crippen MR) is 52.1 cm³/mol. The standard InChI is InChI=1S/C10H17NO2/c1-4-6-7-11(8-12)10(13)9(3)5-2/h5,8H,4,6-7H2,1-3H3/b9-5+. The van der Waals surface area contributed by atoms with Gasteiger partial charge >= 0.3 is 0 Å². The van der Waals surface area contributed by atoms with Gasteiger partial charge in [-0.2, -0.15) is 0 Å². The molecule has 13 heavy (non-hydrogen) atoms. The minimum Gasteiger partial charge on any atom is -0.281 e. The molecule has 0 rings (SSSR count). The Bertz CT molecular complexity index is 209. The van der Waals surface area contributed by atoms with Crippen molar-refractivity contribution < 1.29 is 9.59 Å². The first-order valence-electron chi connectivity index (χ1n) is 4.56. The lowest BCUT2D eigenvalue weighted by molar-refractivity contribution is -0.135. The number of nitrogens with zero attached hydrogens (tertiary/aromatic N) is 1. The molecule has 0 atom stereocenters. The van der Waals surface area contributed by atoms with Crippen LogP contribution in [0.4, 0.5) is 0 Å². The summed E-state index contributed by atoms with van der Waals surface area (Å²) in [6.45, 7) is 6.04. The lowest BCUT2D eigenvalue weighted by Gasteiger charge is -2.14. The smallest absolute Gasteiger partial charge is 0.255 e. The molecule has 0 N–H and O–H groups in total. The molecule has 0 saturated carbocycles. The zero-order chi connectivity index (χ0) is 10.3. The van der Waals surface area contributed by atoms with Gasteiger partial charge in [-0.25, -0.2) is 0 Å². The second kappa shape index (κ2) is 6.40. The molecule has 2 amide bonds. The van der Waals surface area contributed by atoms with Gasteiger partial charge in [-0.15, -0.1) is 0 Å². The Morgan fingerprint density at radius 1 is 1.46 bits per heavy atom. The van der Waals surface area contributed by atoms with Crippen LogP contribution in [0.25, 0.3) is 0 Å². The Kier molecular flexibility index (Phi) is 5.85. The second-order valence-corrected chi connectivity index (χ2v) is 2.93. The monoisotopic (exact) mass is 183 g/mol. The van der Waals surface area contributed by atoms with Crippen molar-refractivity contribution in [2.45, 2.75) is 33.6 Å². The normalized spacial score (nSPS) is 11.2. The van der Waals surface area contributed by atoms with Gasteiger partial charge in [0.2, 0.25) is 6.41 Å². The summed E-state index contributed by atoms with van der Waals surface area (Å²) in [7, 11) is 0. The average molecular weight is 183 g/mol. The molecule has 0 aromatic heterocycles. The average Bonchev–Trinajstić information content (AvgIpc) is 2.17. The molecule has 0 unspecified atom stereocenters. The van der Waals surface area contributed by atoms with E-state index in [2.05, 4.69) is 0 Å². The van der Waals surface area contributed by atoms with Gasteiger partial charge in [0.05, 0.1) is 0 Å². The molecule has 0 aromatic rings. The van der Waals surface area contributed by atoms with E-state index in [1.54, 1.807) is 19.9 Å². The molecule has 3 heteroatoms. The maximum Gasteiger partial charge on any atom is 0.255 e. The molecular formula is C10H17NO2. The van der Waals surface area contributed by atoms with Crippen LogP contribution in [0, 0.1) is 0 Å². The Morgan fingerprint density at radius 2 is 2.08 bits per heavy atom. The second-order valence-electron chi connectivity index (χ2n) is 2.93. The van der Waals surface area contributed by atoms with Crippen molar-refractivity contribution in [2.75, 3.05) is 6.54 Å². The van der Waals surface area contributed by atoms with Gasteiger partial charge in [0.1, 0.15) is 0 Å². The zero-order valence-corrected chi connectivity index (χ0v) is 8.54. The van der Waals surface area contributed by atoms with Crippen LogP contribution in [-0.2, 0) is 9.59 Å². The van der Waals surface area contributed by atoms with E-state index in [0.29, 0.717) is 18.5 Å². The lowest BCUT2D eigenvalue weighted by atomic mass is 10.2. The van der Waals surface area contributed by atoms with Crippen LogP contribution in [0.1, 0.15) is 33.6 Å². The summed E-state index contributed by atoms with van der Waals surface area (Å²) in [6, 6.07) is 0. The van der Waals surface area contributed by atoms with Crippen molar-refractivity contribution >= 4 is 12.3 Å². The third-order valence-corrected chi connectivity index (χ3v) is 1.91. The summed E-state index contributed by atoms with van der Waals surface area (Å²) in [5.41, 5.74) is 0.614. The summed E-state index contributed by atoms with van der Waals surface area (Å²) >= 11 is 0. The van der Waals surface area contributed by atoms with Crippen LogP contribution in [0.2, 0.25) is 0 Å². The van der Waals surface area contributed by atoms with Gasteiger partial charge in [0.25, 0.3) is 5.91 Å². The van der Waals surface area contributed by atoms with E-state index in [1.165, 1.54) is 4.90 Å². The lowest BCUT2D eigenvalue weighted by Crippen LogP contribution is -2.31. The molecule has 0 saturated heterocycles. The van der Waals surface area contributed by atoms with Gasteiger partial charge in [-0.1, -0.05) is 19.4 Å². The summed E-state index contributed by atoms with van der Waals surface area (Å²) in [6.07, 6.45) is 4.16. The third-order valence-electron chi connectivity index (χ3n) is 1.91. The topological polar surface area (TPSA) is 37.4 Å². The van der Waals surface area contributed by atoms with Crippen LogP contribution in [-0.4, -0.2) is 23.8 Å². The Balaban J connectivity index is 4.23. The summed E-state index contributed by atoms with van der Waals surface area (Å²) < 4.78 is 0. The molecule has 0 aliphatic carbocycles. The highest BCUT2D eigenvalue weighted by Crippen LogP contribution is 2.00. The number of carbonyl (C=O) groups excluding carboxylic acids is 2. The largest absolute Gasteiger partial charge is 0.281 e. The predicted octanol–water partition coefficient (Wildman–Crippen LogP) is 1.74. The Hall–Kier alpha value is -1.12. The van der Waals surface area contributed by atoms with Gasteiger partial charge in [0, 0.05) is 12.1 Å². The fourth-order valence-electron chi connectivity index (χ4n) is 0.881. The van der Waals surface area contributed by atoms with E-state index in [4.69, 9.17) is 0 Å². The van der Waals surface area contributed by atoms with Crippen LogP contribution in [0.15, 0.2) is 11.6 Å². The van der Waals surface area contributed by atoms with E-state index in [9.17, 15) is 9.59 Å². The quantitative estimate of drug-likeness (QED) is 0.481. The van der Waals surface area contributed by atoms with Gasteiger partial charge in [0.15, 0.2) is 0 Å². The molecule has 0 aliphatic rings. The molecule has 0 spiro atoms. The molecule has 3 nitrogen and oxygen atoms in total. The van der Waals surface area contributed by atoms with Gasteiger partial charge < -0.3 is 0 Å². The minimum absolute atomic E-state index is 0.189. The van der Waals surface area contributed by atoms with Crippen molar-refractivity contribution in [3.8, 4) is 0 Å². The van der Waals surface area contributed by atoms with E-state index in [0.717, 1.165) is 12.8 Å². The highest BCUT2D eigenvalue weighted by molar-refractivity contribution is 5.98. The first-order chi connectivity index (χ1) is 6.17. The molecule has 0 heterocycles. The zero-order valence-electron chi connectivity index (χ0n) is 8.54. The van der Waals surface area contributed by atoms with Crippen LogP contribution < -0.4 is 0 Å². The number of rotatable bonds is 5. The fourth-order valence-corrected chi connectivity index (χ4v) is 0.881. The maximum atomic E-state index is 11.4. The van der Waals surface area contributed by atoms with Crippen molar-refractivity contribution in [2.24, 2.45) is 0 Å². The number of hydrogen-bond acceptors (Lipinski definition) is 2. The number of allylic oxidation sites excluding steroid dienone is 1. The first kappa shape index (κ1) is 11.9. The highest BCUT2D eigenvalue weighted by atomic mass is 16.2. The van der Waals surface area contributed by atoms with Crippen LogP contribution >= 0.6 is 0 Å².